The SMILES string of the molecule is Clc1ccc2c(c1)CN(C1CCC1)Cc1nnc(C3CCC(Oc4ccccc4)CC3)n1-2. The quantitative estimate of drug-likeness (QED) is 0.498. The van der Waals surface area contributed by atoms with E-state index in [9.17, 15) is 0 Å². The number of hydrogen-bond donors (Lipinski definition) is 0. The van der Waals surface area contributed by atoms with Crippen molar-refractivity contribution in [2.75, 3.05) is 0 Å². The summed E-state index contributed by atoms with van der Waals surface area (Å²) >= 11 is 6.40. The first-order valence-corrected chi connectivity index (χ1v) is 12.3. The van der Waals surface area contributed by atoms with Crippen molar-refractivity contribution in [1.29, 1.82) is 0 Å². The van der Waals surface area contributed by atoms with E-state index < -0.39 is 0 Å². The molecule has 0 N–H and O–H groups in total. The van der Waals surface area contributed by atoms with Gasteiger partial charge in [-0.1, -0.05) is 36.2 Å². The molecule has 0 unspecified atom stereocenters. The summed E-state index contributed by atoms with van der Waals surface area (Å²) in [6.45, 7) is 1.79. The van der Waals surface area contributed by atoms with Gasteiger partial charge in [0.25, 0.3) is 0 Å². The molecule has 0 amide bonds. The number of fused-ring (bicyclic) bond motifs is 3. The largest absolute Gasteiger partial charge is 0.490 e. The molecular formula is C26H29ClN4O. The fourth-order valence-electron chi connectivity index (χ4n) is 5.46. The van der Waals surface area contributed by atoms with Crippen LogP contribution in [-0.2, 0) is 13.1 Å². The van der Waals surface area contributed by atoms with Gasteiger partial charge in [-0.15, -0.1) is 10.2 Å². The number of rotatable bonds is 4. The zero-order chi connectivity index (χ0) is 21.5. The highest BCUT2D eigenvalue weighted by molar-refractivity contribution is 6.30. The first-order valence-electron chi connectivity index (χ1n) is 11.9. The van der Waals surface area contributed by atoms with E-state index >= 15 is 0 Å². The molecule has 6 heteroatoms. The van der Waals surface area contributed by atoms with E-state index in [-0.39, 0.29) is 6.10 Å². The van der Waals surface area contributed by atoms with Crippen molar-refractivity contribution in [2.45, 2.75) is 76.1 Å². The molecule has 2 aliphatic carbocycles. The van der Waals surface area contributed by atoms with Gasteiger partial charge in [0, 0.05) is 23.5 Å². The third kappa shape index (κ3) is 3.82. The summed E-state index contributed by atoms with van der Waals surface area (Å²) in [6.07, 6.45) is 8.41. The first-order chi connectivity index (χ1) is 15.7. The molecule has 2 fully saturated rings. The minimum Gasteiger partial charge on any atom is -0.490 e. The van der Waals surface area contributed by atoms with Gasteiger partial charge in [0.2, 0.25) is 0 Å². The van der Waals surface area contributed by atoms with Gasteiger partial charge in [0.15, 0.2) is 5.82 Å². The lowest BCUT2D eigenvalue weighted by Crippen LogP contribution is -2.38. The van der Waals surface area contributed by atoms with Crippen molar-refractivity contribution < 1.29 is 4.74 Å². The average Bonchev–Trinajstić information content (AvgIpc) is 3.10. The molecule has 166 valence electrons. The van der Waals surface area contributed by atoms with Crippen LogP contribution in [0.25, 0.3) is 5.69 Å². The van der Waals surface area contributed by atoms with Crippen LogP contribution in [0.1, 0.15) is 68.1 Å². The Kier molecular flexibility index (Phi) is 5.40. The average molecular weight is 449 g/mol. The Morgan fingerprint density at radius 1 is 0.875 bits per heavy atom. The third-order valence-corrected chi connectivity index (χ3v) is 7.67. The van der Waals surface area contributed by atoms with Gasteiger partial charge >= 0.3 is 0 Å². The van der Waals surface area contributed by atoms with Gasteiger partial charge in [-0.2, -0.15) is 0 Å². The molecular weight excluding hydrogens is 420 g/mol. The van der Waals surface area contributed by atoms with E-state index in [1.165, 1.54) is 30.5 Å². The highest BCUT2D eigenvalue weighted by Gasteiger charge is 2.33. The molecule has 6 rings (SSSR count). The molecule has 32 heavy (non-hydrogen) atoms. The second kappa shape index (κ2) is 8.53. The summed E-state index contributed by atoms with van der Waals surface area (Å²) in [5.74, 6) is 3.55. The fraction of sp³-hybridized carbons (Fsp3) is 0.462. The van der Waals surface area contributed by atoms with E-state index in [4.69, 9.17) is 26.5 Å². The van der Waals surface area contributed by atoms with Crippen LogP contribution in [0.2, 0.25) is 5.02 Å². The molecule has 0 spiro atoms. The van der Waals surface area contributed by atoms with Gasteiger partial charge in [-0.3, -0.25) is 9.47 Å². The summed E-state index contributed by atoms with van der Waals surface area (Å²) in [5.41, 5.74) is 2.49. The van der Waals surface area contributed by atoms with Crippen LogP contribution in [0.15, 0.2) is 48.5 Å². The van der Waals surface area contributed by atoms with Crippen LogP contribution < -0.4 is 4.74 Å². The zero-order valence-electron chi connectivity index (χ0n) is 18.3. The second-order valence-corrected chi connectivity index (χ2v) is 9.91. The minimum atomic E-state index is 0.278. The third-order valence-electron chi connectivity index (χ3n) is 7.43. The first kappa shape index (κ1) is 20.3. The molecule has 1 aliphatic heterocycles. The van der Waals surface area contributed by atoms with Crippen molar-refractivity contribution in [3.05, 3.63) is 70.8 Å². The van der Waals surface area contributed by atoms with Crippen LogP contribution in [-0.4, -0.2) is 31.8 Å². The maximum atomic E-state index is 6.40. The number of aromatic nitrogens is 3. The molecule has 0 atom stereocenters. The monoisotopic (exact) mass is 448 g/mol. The molecule has 0 radical (unpaired) electrons. The summed E-state index contributed by atoms with van der Waals surface area (Å²) in [4.78, 5) is 2.57. The molecule has 0 bridgehead atoms. The van der Waals surface area contributed by atoms with E-state index in [2.05, 4.69) is 21.6 Å². The van der Waals surface area contributed by atoms with Crippen LogP contribution in [0.5, 0.6) is 5.75 Å². The fourth-order valence-corrected chi connectivity index (χ4v) is 5.65. The number of nitrogens with zero attached hydrogens (tertiary/aromatic N) is 4. The summed E-state index contributed by atoms with van der Waals surface area (Å²) in [7, 11) is 0. The number of halogens is 1. The summed E-state index contributed by atoms with van der Waals surface area (Å²) < 4.78 is 8.56. The van der Waals surface area contributed by atoms with E-state index in [1.807, 2.05) is 36.4 Å². The molecule has 3 aromatic rings. The number of benzene rings is 2. The smallest absolute Gasteiger partial charge is 0.151 e. The maximum Gasteiger partial charge on any atom is 0.151 e. The highest BCUT2D eigenvalue weighted by atomic mass is 35.5. The molecule has 2 saturated carbocycles. The lowest BCUT2D eigenvalue weighted by Gasteiger charge is -2.36. The Bertz CT molecular complexity index is 1090. The van der Waals surface area contributed by atoms with Gasteiger partial charge < -0.3 is 4.74 Å². The van der Waals surface area contributed by atoms with E-state index in [1.54, 1.807) is 0 Å². The number of hydrogen-bond acceptors (Lipinski definition) is 4. The lowest BCUT2D eigenvalue weighted by atomic mass is 9.86. The molecule has 1 aromatic heterocycles. The summed E-state index contributed by atoms with van der Waals surface area (Å²) in [6, 6.07) is 17.1. The molecule has 0 saturated heterocycles. The lowest BCUT2D eigenvalue weighted by molar-refractivity contribution is 0.110. The van der Waals surface area contributed by atoms with E-state index in [0.29, 0.717) is 12.0 Å². The van der Waals surface area contributed by atoms with Crippen molar-refractivity contribution in [1.82, 2.24) is 19.7 Å². The molecule has 2 heterocycles. The van der Waals surface area contributed by atoms with Crippen LogP contribution in [0, 0.1) is 0 Å². The van der Waals surface area contributed by atoms with Gasteiger partial charge in [0.05, 0.1) is 18.3 Å². The predicted octanol–water partition coefficient (Wildman–Crippen LogP) is 5.89. The van der Waals surface area contributed by atoms with Crippen molar-refractivity contribution in [3.8, 4) is 11.4 Å². The Morgan fingerprint density at radius 2 is 1.69 bits per heavy atom. The van der Waals surface area contributed by atoms with Gasteiger partial charge in [-0.25, -0.2) is 0 Å². The van der Waals surface area contributed by atoms with Crippen LogP contribution in [0.4, 0.5) is 0 Å². The predicted molar refractivity (Wildman–Crippen MR) is 125 cm³/mol. The second-order valence-electron chi connectivity index (χ2n) is 9.48. The highest BCUT2D eigenvalue weighted by Crippen LogP contribution is 2.38. The van der Waals surface area contributed by atoms with Crippen molar-refractivity contribution >= 4 is 11.6 Å². The van der Waals surface area contributed by atoms with Gasteiger partial charge in [0.1, 0.15) is 11.6 Å². The molecule has 3 aliphatic rings. The standard InChI is InChI=1S/C26H29ClN4O/c27-20-11-14-24-19(15-20)16-30(21-5-4-6-21)17-25-28-29-26(31(24)25)18-9-12-23(13-10-18)32-22-7-2-1-3-8-22/h1-3,7-8,11,14-15,18,21,23H,4-6,9-10,12-13,16-17H2. The normalized spacial score (nSPS) is 23.7. The Morgan fingerprint density at radius 3 is 2.44 bits per heavy atom. The number of para-hydroxylation sites is 1. The number of ether oxygens (including phenoxy) is 1. The van der Waals surface area contributed by atoms with Crippen LogP contribution in [0.3, 0.4) is 0 Å². The van der Waals surface area contributed by atoms with E-state index in [0.717, 1.165) is 61.2 Å². The molecule has 2 aromatic carbocycles. The maximum absolute atomic E-state index is 6.40. The van der Waals surface area contributed by atoms with Crippen molar-refractivity contribution in [3.63, 3.8) is 0 Å². The van der Waals surface area contributed by atoms with Gasteiger partial charge in [-0.05, 0) is 74.4 Å². The Labute approximate surface area is 194 Å². The Hall–Kier alpha value is -2.37. The zero-order valence-corrected chi connectivity index (χ0v) is 19.0. The topological polar surface area (TPSA) is 43.2 Å². The van der Waals surface area contributed by atoms with Crippen molar-refractivity contribution in [2.24, 2.45) is 0 Å². The minimum absolute atomic E-state index is 0.278. The summed E-state index contributed by atoms with van der Waals surface area (Å²) in [5, 5.41) is 10.2. The molecule has 5 nitrogen and oxygen atoms in total. The van der Waals surface area contributed by atoms with Crippen LogP contribution >= 0.6 is 11.6 Å². The Balaban J connectivity index is 1.26.